The van der Waals surface area contributed by atoms with Crippen LogP contribution in [0.5, 0.6) is 0 Å². The molecule has 0 aliphatic heterocycles. The van der Waals surface area contributed by atoms with Gasteiger partial charge in [-0.2, -0.15) is 13.2 Å². The van der Waals surface area contributed by atoms with Crippen molar-refractivity contribution in [1.82, 2.24) is 0 Å². The maximum Gasteiger partial charge on any atom is 0.400 e. The van der Waals surface area contributed by atoms with Gasteiger partial charge in [0, 0.05) is 0 Å². The average molecular weight is 258 g/mol. The van der Waals surface area contributed by atoms with Crippen molar-refractivity contribution in [2.45, 2.75) is 32.4 Å². The molecule has 0 aromatic heterocycles. The van der Waals surface area contributed by atoms with Gasteiger partial charge in [0.1, 0.15) is 5.41 Å². The molecule has 0 atom stereocenters. The van der Waals surface area contributed by atoms with Crippen LogP contribution in [0.15, 0.2) is 0 Å². The number of alkyl halides is 3. The minimum absolute atomic E-state index is 0.0613. The SMILES string of the molecule is CCC(N)=S.NC(=S)C1(C(F)(F)F)CC1. The molecular weight excluding hydrogens is 245 g/mol. The number of hydrogen-bond donors (Lipinski definition) is 2. The van der Waals surface area contributed by atoms with Crippen molar-refractivity contribution in [3.8, 4) is 0 Å². The zero-order chi connectivity index (χ0) is 12.3. The topological polar surface area (TPSA) is 52.0 Å². The predicted octanol–water partition coefficient (Wildman–Crippen LogP) is 2.30. The summed E-state index contributed by atoms with van der Waals surface area (Å²) >= 11 is 8.77. The Bertz CT molecular complexity index is 259. The van der Waals surface area contributed by atoms with E-state index >= 15 is 0 Å². The van der Waals surface area contributed by atoms with E-state index in [1.807, 2.05) is 6.92 Å². The van der Waals surface area contributed by atoms with Crippen LogP contribution in [0.25, 0.3) is 0 Å². The molecule has 1 fully saturated rings. The molecule has 0 aromatic rings. The van der Waals surface area contributed by atoms with Crippen LogP contribution >= 0.6 is 24.4 Å². The average Bonchev–Trinajstić information content (AvgIpc) is 2.83. The number of rotatable bonds is 2. The van der Waals surface area contributed by atoms with Crippen LogP contribution in [-0.4, -0.2) is 16.2 Å². The maximum atomic E-state index is 12.0. The minimum atomic E-state index is -4.24. The Hall–Kier alpha value is -0.430. The molecule has 1 rings (SSSR count). The molecule has 0 heterocycles. The molecular formula is C8H13F3N2S2. The highest BCUT2D eigenvalue weighted by atomic mass is 32.1. The standard InChI is InChI=1S/C5H6F3NS.C3H7NS/c6-5(7,8)4(1-2-4)3(9)10;1-2-3(4)5/h1-2H2,(H2,9,10);2H2,1H3,(H2,4,5). The summed E-state index contributed by atoms with van der Waals surface area (Å²) in [5.41, 5.74) is 8.15. The molecule has 0 saturated heterocycles. The van der Waals surface area contributed by atoms with Gasteiger partial charge in [-0.3, -0.25) is 0 Å². The molecule has 1 saturated carbocycles. The van der Waals surface area contributed by atoms with Crippen LogP contribution in [0.1, 0.15) is 26.2 Å². The lowest BCUT2D eigenvalue weighted by molar-refractivity contribution is -0.165. The summed E-state index contributed by atoms with van der Waals surface area (Å²) < 4.78 is 35.9. The van der Waals surface area contributed by atoms with E-state index < -0.39 is 16.6 Å². The van der Waals surface area contributed by atoms with E-state index in [-0.39, 0.29) is 12.8 Å². The molecule has 0 bridgehead atoms. The van der Waals surface area contributed by atoms with E-state index in [1.54, 1.807) is 0 Å². The van der Waals surface area contributed by atoms with E-state index in [4.69, 9.17) is 11.5 Å². The molecule has 0 unspecified atom stereocenters. The summed E-state index contributed by atoms with van der Waals surface area (Å²) in [5, 5.41) is 0. The molecule has 1 aliphatic carbocycles. The molecule has 0 amide bonds. The summed E-state index contributed by atoms with van der Waals surface area (Å²) in [5.74, 6) is 0. The zero-order valence-corrected chi connectivity index (χ0v) is 9.86. The second-order valence-corrected chi connectivity index (χ2v) is 4.23. The van der Waals surface area contributed by atoms with Crippen LogP contribution < -0.4 is 11.5 Å². The number of hydrogen-bond acceptors (Lipinski definition) is 2. The Balaban J connectivity index is 0.000000336. The molecule has 1 aliphatic rings. The third-order valence-electron chi connectivity index (χ3n) is 2.11. The van der Waals surface area contributed by atoms with Gasteiger partial charge in [0.05, 0.1) is 9.98 Å². The molecule has 0 spiro atoms. The van der Waals surface area contributed by atoms with Crippen molar-refractivity contribution in [3.63, 3.8) is 0 Å². The van der Waals surface area contributed by atoms with Crippen molar-refractivity contribution in [3.05, 3.63) is 0 Å². The zero-order valence-electron chi connectivity index (χ0n) is 8.23. The normalized spacial score (nSPS) is 17.3. The van der Waals surface area contributed by atoms with Gasteiger partial charge in [-0.05, 0) is 19.3 Å². The predicted molar refractivity (Wildman–Crippen MR) is 61.6 cm³/mol. The van der Waals surface area contributed by atoms with E-state index in [0.29, 0.717) is 4.99 Å². The lowest BCUT2D eigenvalue weighted by Gasteiger charge is -2.16. The molecule has 2 nitrogen and oxygen atoms in total. The fourth-order valence-corrected chi connectivity index (χ4v) is 1.11. The van der Waals surface area contributed by atoms with Gasteiger partial charge in [0.15, 0.2) is 0 Å². The van der Waals surface area contributed by atoms with Gasteiger partial charge in [0.2, 0.25) is 0 Å². The minimum Gasteiger partial charge on any atom is -0.393 e. The third-order valence-corrected chi connectivity index (χ3v) is 2.79. The fraction of sp³-hybridized carbons (Fsp3) is 0.750. The van der Waals surface area contributed by atoms with Crippen LogP contribution in [0.3, 0.4) is 0 Å². The van der Waals surface area contributed by atoms with E-state index in [1.165, 1.54) is 0 Å². The van der Waals surface area contributed by atoms with Gasteiger partial charge in [-0.15, -0.1) is 0 Å². The number of nitrogens with two attached hydrogens (primary N) is 2. The van der Waals surface area contributed by atoms with E-state index in [0.717, 1.165) is 6.42 Å². The van der Waals surface area contributed by atoms with Gasteiger partial charge in [-0.1, -0.05) is 31.4 Å². The Labute approximate surface area is 97.2 Å². The summed E-state index contributed by atoms with van der Waals surface area (Å²) in [7, 11) is 0. The number of halogens is 3. The first-order valence-corrected chi connectivity index (χ1v) is 5.14. The Morgan fingerprint density at radius 3 is 1.60 bits per heavy atom. The molecule has 0 radical (unpaired) electrons. The van der Waals surface area contributed by atoms with E-state index in [2.05, 4.69) is 24.4 Å². The summed E-state index contributed by atoms with van der Waals surface area (Å²) in [4.78, 5) is 0.171. The monoisotopic (exact) mass is 258 g/mol. The van der Waals surface area contributed by atoms with Gasteiger partial charge in [-0.25, -0.2) is 0 Å². The Morgan fingerprint density at radius 1 is 1.27 bits per heavy atom. The fourth-order valence-electron chi connectivity index (χ4n) is 0.795. The summed E-state index contributed by atoms with van der Waals surface area (Å²) in [6.45, 7) is 1.93. The third kappa shape index (κ3) is 3.90. The Kier molecular flexibility index (Phi) is 4.92. The largest absolute Gasteiger partial charge is 0.400 e. The highest BCUT2D eigenvalue weighted by Crippen LogP contribution is 2.57. The molecule has 7 heteroatoms. The van der Waals surface area contributed by atoms with Crippen molar-refractivity contribution in [1.29, 1.82) is 0 Å². The number of thiocarbonyl (C=S) groups is 2. The molecule has 88 valence electrons. The first-order valence-electron chi connectivity index (χ1n) is 4.32. The van der Waals surface area contributed by atoms with Gasteiger partial charge in [0.25, 0.3) is 0 Å². The second kappa shape index (κ2) is 5.07. The van der Waals surface area contributed by atoms with Crippen molar-refractivity contribution < 1.29 is 13.2 Å². The summed E-state index contributed by atoms with van der Waals surface area (Å²) in [6.07, 6.45) is -3.30. The van der Waals surface area contributed by atoms with Crippen molar-refractivity contribution >= 4 is 34.4 Å². The lowest BCUT2D eigenvalue weighted by Crippen LogP contribution is -2.36. The smallest absolute Gasteiger partial charge is 0.393 e. The van der Waals surface area contributed by atoms with Crippen molar-refractivity contribution in [2.75, 3.05) is 0 Å². The molecule has 0 aromatic carbocycles. The van der Waals surface area contributed by atoms with Crippen LogP contribution in [0, 0.1) is 5.41 Å². The first kappa shape index (κ1) is 14.6. The van der Waals surface area contributed by atoms with Crippen LogP contribution in [0.4, 0.5) is 13.2 Å². The highest BCUT2D eigenvalue weighted by molar-refractivity contribution is 7.80. The molecule has 15 heavy (non-hydrogen) atoms. The molecule has 4 N–H and O–H groups in total. The van der Waals surface area contributed by atoms with Crippen LogP contribution in [0.2, 0.25) is 0 Å². The Morgan fingerprint density at radius 2 is 1.60 bits per heavy atom. The highest BCUT2D eigenvalue weighted by Gasteiger charge is 2.65. The lowest BCUT2D eigenvalue weighted by atomic mass is 10.1. The van der Waals surface area contributed by atoms with Crippen molar-refractivity contribution in [2.24, 2.45) is 16.9 Å². The first-order chi connectivity index (χ1) is 6.67. The second-order valence-electron chi connectivity index (χ2n) is 3.26. The maximum absolute atomic E-state index is 12.0. The van der Waals surface area contributed by atoms with Gasteiger partial charge >= 0.3 is 6.18 Å². The van der Waals surface area contributed by atoms with Crippen LogP contribution in [-0.2, 0) is 0 Å². The van der Waals surface area contributed by atoms with E-state index in [9.17, 15) is 13.2 Å². The quantitative estimate of drug-likeness (QED) is 0.746. The summed E-state index contributed by atoms with van der Waals surface area (Å²) in [6, 6.07) is 0. The van der Waals surface area contributed by atoms with Gasteiger partial charge < -0.3 is 11.5 Å².